The van der Waals surface area contributed by atoms with E-state index in [-0.39, 0.29) is 19.0 Å². The predicted molar refractivity (Wildman–Crippen MR) is 67.6 cm³/mol. The molecule has 0 spiro atoms. The molecular weight excluding hydrogens is 232 g/mol. The van der Waals surface area contributed by atoms with Crippen molar-refractivity contribution in [3.63, 3.8) is 0 Å². The summed E-state index contributed by atoms with van der Waals surface area (Å²) in [5.41, 5.74) is 3.43. The van der Waals surface area contributed by atoms with Crippen LogP contribution in [0.3, 0.4) is 0 Å². The summed E-state index contributed by atoms with van der Waals surface area (Å²) >= 11 is 0. The van der Waals surface area contributed by atoms with E-state index < -0.39 is 5.97 Å². The molecule has 0 bridgehead atoms. The minimum absolute atomic E-state index is 0.00336. The Morgan fingerprint density at radius 3 is 2.72 bits per heavy atom. The van der Waals surface area contributed by atoms with E-state index in [1.807, 2.05) is 18.2 Å². The van der Waals surface area contributed by atoms with Gasteiger partial charge in [0.1, 0.15) is 0 Å². The Balaban J connectivity index is 1.85. The average Bonchev–Trinajstić information content (AvgIpc) is 2.75. The highest BCUT2D eigenvalue weighted by molar-refractivity contribution is 5.92. The second kappa shape index (κ2) is 5.64. The van der Waals surface area contributed by atoms with Crippen LogP contribution in [-0.4, -0.2) is 30.1 Å². The fourth-order valence-electron chi connectivity index (χ4n) is 2.14. The number of aryl methyl sites for hydroxylation is 2. The first-order valence-electron chi connectivity index (χ1n) is 5.99. The maximum absolute atomic E-state index is 11.5. The van der Waals surface area contributed by atoms with Gasteiger partial charge in [-0.1, -0.05) is 6.07 Å². The lowest BCUT2D eigenvalue weighted by Crippen LogP contribution is -2.31. The lowest BCUT2D eigenvalue weighted by atomic mass is 10.1. The van der Waals surface area contributed by atoms with Gasteiger partial charge >= 0.3 is 5.97 Å². The summed E-state index contributed by atoms with van der Waals surface area (Å²) in [5, 5.41) is 13.7. The molecule has 0 atom stereocenters. The van der Waals surface area contributed by atoms with Crippen LogP contribution in [0.5, 0.6) is 0 Å². The van der Waals surface area contributed by atoms with E-state index in [4.69, 9.17) is 5.11 Å². The Kier molecular flexibility index (Phi) is 3.94. The monoisotopic (exact) mass is 248 g/mol. The molecule has 1 aliphatic carbocycles. The number of aliphatic carboxylic acids is 1. The number of carboxylic acid groups (broad SMARTS) is 1. The normalized spacial score (nSPS) is 13.1. The molecular formula is C13H16N2O3. The zero-order valence-corrected chi connectivity index (χ0v) is 10.0. The van der Waals surface area contributed by atoms with Crippen LogP contribution < -0.4 is 10.6 Å². The second-order valence-corrected chi connectivity index (χ2v) is 4.38. The largest absolute Gasteiger partial charge is 0.480 e. The zero-order valence-electron chi connectivity index (χ0n) is 10.0. The number of rotatable bonds is 5. The van der Waals surface area contributed by atoms with Gasteiger partial charge in [-0.2, -0.15) is 0 Å². The molecule has 1 aromatic rings. The van der Waals surface area contributed by atoms with E-state index in [1.54, 1.807) is 0 Å². The third kappa shape index (κ3) is 3.30. The number of hydrogen-bond donors (Lipinski definition) is 3. The molecule has 0 saturated carbocycles. The van der Waals surface area contributed by atoms with Gasteiger partial charge in [-0.15, -0.1) is 0 Å². The van der Waals surface area contributed by atoms with Crippen molar-refractivity contribution in [2.45, 2.75) is 19.3 Å². The van der Waals surface area contributed by atoms with Crippen LogP contribution in [0.25, 0.3) is 0 Å². The average molecular weight is 248 g/mol. The van der Waals surface area contributed by atoms with Gasteiger partial charge in [-0.3, -0.25) is 14.9 Å². The Bertz CT molecular complexity index is 471. The first-order chi connectivity index (χ1) is 8.65. The van der Waals surface area contributed by atoms with Crippen molar-refractivity contribution in [2.24, 2.45) is 0 Å². The number of hydrogen-bond acceptors (Lipinski definition) is 3. The van der Waals surface area contributed by atoms with Crippen LogP contribution in [-0.2, 0) is 22.4 Å². The quantitative estimate of drug-likeness (QED) is 0.719. The Morgan fingerprint density at radius 1 is 1.17 bits per heavy atom. The number of carboxylic acids is 1. The highest BCUT2D eigenvalue weighted by Gasteiger charge is 2.11. The maximum Gasteiger partial charge on any atom is 0.317 e. The van der Waals surface area contributed by atoms with E-state index in [0.29, 0.717) is 0 Å². The van der Waals surface area contributed by atoms with Gasteiger partial charge in [0.05, 0.1) is 13.1 Å². The van der Waals surface area contributed by atoms with Gasteiger partial charge in [-0.05, 0) is 42.5 Å². The van der Waals surface area contributed by atoms with Gasteiger partial charge in [0.25, 0.3) is 0 Å². The summed E-state index contributed by atoms with van der Waals surface area (Å²) < 4.78 is 0. The lowest BCUT2D eigenvalue weighted by Gasteiger charge is -2.07. The first kappa shape index (κ1) is 12.6. The van der Waals surface area contributed by atoms with Gasteiger partial charge in [-0.25, -0.2) is 0 Å². The van der Waals surface area contributed by atoms with Gasteiger partial charge in [0, 0.05) is 5.69 Å². The summed E-state index contributed by atoms with van der Waals surface area (Å²) in [6.45, 7) is -0.207. The van der Waals surface area contributed by atoms with Crippen LogP contribution >= 0.6 is 0 Å². The topological polar surface area (TPSA) is 78.4 Å². The minimum Gasteiger partial charge on any atom is -0.480 e. The first-order valence-corrected chi connectivity index (χ1v) is 5.99. The molecule has 1 aliphatic rings. The summed E-state index contributed by atoms with van der Waals surface area (Å²) in [4.78, 5) is 21.8. The number of anilines is 1. The number of nitrogens with one attached hydrogen (secondary N) is 2. The van der Waals surface area contributed by atoms with Crippen LogP contribution in [0.1, 0.15) is 17.5 Å². The van der Waals surface area contributed by atoms with Crippen LogP contribution in [0, 0.1) is 0 Å². The Labute approximate surface area is 105 Å². The number of carbonyl (C=O) groups excluding carboxylic acids is 1. The molecule has 0 heterocycles. The fraction of sp³-hybridized carbons (Fsp3) is 0.385. The third-order valence-corrected chi connectivity index (χ3v) is 2.94. The van der Waals surface area contributed by atoms with Crippen molar-refractivity contribution in [3.8, 4) is 0 Å². The minimum atomic E-state index is -0.972. The van der Waals surface area contributed by atoms with Gasteiger partial charge in [0.2, 0.25) is 5.91 Å². The number of carbonyl (C=O) groups is 2. The van der Waals surface area contributed by atoms with Crippen molar-refractivity contribution in [2.75, 3.05) is 18.4 Å². The van der Waals surface area contributed by atoms with E-state index in [0.717, 1.165) is 18.5 Å². The number of amides is 1. The predicted octanol–water partition coefficient (Wildman–Crippen LogP) is 0.788. The Morgan fingerprint density at radius 2 is 1.94 bits per heavy atom. The molecule has 2 rings (SSSR count). The Hall–Kier alpha value is -1.88. The van der Waals surface area contributed by atoms with Crippen molar-refractivity contribution in [1.29, 1.82) is 0 Å². The summed E-state index contributed by atoms with van der Waals surface area (Å²) in [7, 11) is 0. The lowest BCUT2D eigenvalue weighted by molar-refractivity contribution is -0.135. The van der Waals surface area contributed by atoms with Crippen LogP contribution in [0.2, 0.25) is 0 Å². The second-order valence-electron chi connectivity index (χ2n) is 4.38. The molecule has 5 heteroatoms. The summed E-state index contributed by atoms with van der Waals surface area (Å²) in [6, 6.07) is 5.93. The van der Waals surface area contributed by atoms with Crippen molar-refractivity contribution < 1.29 is 14.7 Å². The number of benzene rings is 1. The zero-order chi connectivity index (χ0) is 13.0. The van der Waals surface area contributed by atoms with E-state index in [1.165, 1.54) is 17.5 Å². The third-order valence-electron chi connectivity index (χ3n) is 2.94. The van der Waals surface area contributed by atoms with Crippen molar-refractivity contribution >= 4 is 17.6 Å². The molecule has 0 unspecified atom stereocenters. The maximum atomic E-state index is 11.5. The fourth-order valence-corrected chi connectivity index (χ4v) is 2.14. The molecule has 5 nitrogen and oxygen atoms in total. The molecule has 0 radical (unpaired) electrons. The highest BCUT2D eigenvalue weighted by atomic mass is 16.4. The summed E-state index contributed by atoms with van der Waals surface area (Å²) in [5.74, 6) is -1.20. The molecule has 0 saturated heterocycles. The van der Waals surface area contributed by atoms with E-state index in [2.05, 4.69) is 10.6 Å². The SMILES string of the molecule is O=C(O)CNCC(=O)Nc1ccc2c(c1)CCC2. The van der Waals surface area contributed by atoms with Crippen molar-refractivity contribution in [3.05, 3.63) is 29.3 Å². The van der Waals surface area contributed by atoms with Crippen LogP contribution in [0.4, 0.5) is 5.69 Å². The highest BCUT2D eigenvalue weighted by Crippen LogP contribution is 2.24. The molecule has 18 heavy (non-hydrogen) atoms. The van der Waals surface area contributed by atoms with Gasteiger partial charge in [0.15, 0.2) is 0 Å². The molecule has 1 amide bonds. The van der Waals surface area contributed by atoms with Crippen LogP contribution in [0.15, 0.2) is 18.2 Å². The van der Waals surface area contributed by atoms with Gasteiger partial charge < -0.3 is 10.4 Å². The smallest absolute Gasteiger partial charge is 0.317 e. The van der Waals surface area contributed by atoms with E-state index >= 15 is 0 Å². The molecule has 96 valence electrons. The number of fused-ring (bicyclic) bond motifs is 1. The molecule has 0 fully saturated rings. The molecule has 1 aromatic carbocycles. The molecule has 0 aromatic heterocycles. The summed E-state index contributed by atoms with van der Waals surface area (Å²) in [6.07, 6.45) is 3.35. The van der Waals surface area contributed by atoms with Crippen molar-refractivity contribution in [1.82, 2.24) is 5.32 Å². The van der Waals surface area contributed by atoms with E-state index in [9.17, 15) is 9.59 Å². The molecule has 3 N–H and O–H groups in total. The standard InChI is InChI=1S/C13H16N2O3/c16-12(7-14-8-13(17)18)15-11-5-4-9-2-1-3-10(9)6-11/h4-6,14H,1-3,7-8H2,(H,15,16)(H,17,18). The molecule has 0 aliphatic heterocycles.